The molecule has 0 saturated carbocycles. The molecular weight excluding hydrogens is 282 g/mol. The molecule has 3 N–H and O–H groups in total. The Hall–Kier alpha value is -1.67. The van der Waals surface area contributed by atoms with Crippen molar-refractivity contribution in [1.82, 2.24) is 15.2 Å². The second kappa shape index (κ2) is 6.19. The number of amides is 2. The summed E-state index contributed by atoms with van der Waals surface area (Å²) >= 11 is 1.21. The van der Waals surface area contributed by atoms with Gasteiger partial charge in [0.1, 0.15) is 5.01 Å². The van der Waals surface area contributed by atoms with Crippen molar-refractivity contribution >= 4 is 23.3 Å². The minimum Gasteiger partial charge on any atom is -0.476 e. The van der Waals surface area contributed by atoms with Crippen molar-refractivity contribution < 1.29 is 19.8 Å². The summed E-state index contributed by atoms with van der Waals surface area (Å²) in [5, 5.41) is 23.0. The van der Waals surface area contributed by atoms with Crippen LogP contribution in [0.2, 0.25) is 0 Å². The van der Waals surface area contributed by atoms with Crippen molar-refractivity contribution in [1.29, 1.82) is 0 Å². The van der Waals surface area contributed by atoms with E-state index in [0.29, 0.717) is 30.9 Å². The number of aromatic carboxylic acids is 1. The van der Waals surface area contributed by atoms with E-state index in [-0.39, 0.29) is 23.9 Å². The number of hydrogen-bond acceptors (Lipinski definition) is 5. The highest BCUT2D eigenvalue weighted by Crippen LogP contribution is 2.19. The first-order chi connectivity index (χ1) is 9.47. The lowest BCUT2D eigenvalue weighted by atomic mass is 10.1. The lowest BCUT2D eigenvalue weighted by Crippen LogP contribution is -2.46. The average Bonchev–Trinajstić information content (AvgIpc) is 2.89. The van der Waals surface area contributed by atoms with Crippen molar-refractivity contribution in [3.8, 4) is 0 Å². The van der Waals surface area contributed by atoms with Crippen molar-refractivity contribution in [2.24, 2.45) is 0 Å². The van der Waals surface area contributed by atoms with E-state index >= 15 is 0 Å². The molecule has 20 heavy (non-hydrogen) atoms. The molecule has 1 fully saturated rings. The van der Waals surface area contributed by atoms with E-state index in [4.69, 9.17) is 5.11 Å². The number of urea groups is 1. The number of hydrogen-bond donors (Lipinski definition) is 3. The number of aromatic nitrogens is 1. The third kappa shape index (κ3) is 3.45. The lowest BCUT2D eigenvalue weighted by molar-refractivity contribution is 0.0691. The first kappa shape index (κ1) is 14.7. The molecule has 8 heteroatoms. The van der Waals surface area contributed by atoms with E-state index in [1.165, 1.54) is 16.7 Å². The topological polar surface area (TPSA) is 103 Å². The number of nitrogens with one attached hydrogen (secondary N) is 1. The first-order valence-corrected chi connectivity index (χ1v) is 7.27. The molecule has 110 valence electrons. The van der Waals surface area contributed by atoms with E-state index in [0.717, 1.165) is 0 Å². The molecule has 1 aliphatic rings. The third-order valence-corrected chi connectivity index (χ3v) is 4.23. The summed E-state index contributed by atoms with van der Waals surface area (Å²) in [6, 6.07) is -0.552. The lowest BCUT2D eigenvalue weighted by Gasteiger charge is -2.30. The van der Waals surface area contributed by atoms with E-state index in [9.17, 15) is 14.7 Å². The maximum Gasteiger partial charge on any atom is 0.355 e. The van der Waals surface area contributed by atoms with Crippen LogP contribution < -0.4 is 5.32 Å². The fraction of sp³-hybridized carbons (Fsp3) is 0.583. The molecule has 0 spiro atoms. The summed E-state index contributed by atoms with van der Waals surface area (Å²) in [6.07, 6.45) is 0.846. The van der Waals surface area contributed by atoms with Gasteiger partial charge in [-0.25, -0.2) is 14.6 Å². The van der Waals surface area contributed by atoms with Gasteiger partial charge >= 0.3 is 12.0 Å². The molecule has 2 rings (SSSR count). The molecule has 1 atom stereocenters. The predicted molar refractivity (Wildman–Crippen MR) is 72.8 cm³/mol. The molecule has 1 aromatic heterocycles. The van der Waals surface area contributed by atoms with Crippen LogP contribution in [0, 0.1) is 0 Å². The Bertz CT molecular complexity index is 497. The SMILES string of the molecule is CC(NC(=O)N1CCC(O)CC1)c1nc(C(=O)O)cs1. The molecule has 0 bridgehead atoms. The van der Waals surface area contributed by atoms with Crippen LogP contribution in [-0.2, 0) is 0 Å². The molecule has 0 aromatic carbocycles. The maximum absolute atomic E-state index is 12.0. The Balaban J connectivity index is 1.91. The van der Waals surface area contributed by atoms with Gasteiger partial charge in [-0.2, -0.15) is 0 Å². The number of aliphatic hydroxyl groups is 1. The largest absolute Gasteiger partial charge is 0.476 e. The van der Waals surface area contributed by atoms with Gasteiger partial charge in [0.2, 0.25) is 0 Å². The number of carboxylic acids is 1. The quantitative estimate of drug-likeness (QED) is 0.774. The van der Waals surface area contributed by atoms with E-state index in [2.05, 4.69) is 10.3 Å². The van der Waals surface area contributed by atoms with Crippen molar-refractivity contribution in [3.05, 3.63) is 16.1 Å². The summed E-state index contributed by atoms with van der Waals surface area (Å²) in [6.45, 7) is 2.82. The zero-order valence-electron chi connectivity index (χ0n) is 11.1. The normalized spacial score (nSPS) is 17.8. The van der Waals surface area contributed by atoms with Crippen LogP contribution in [0.3, 0.4) is 0 Å². The minimum atomic E-state index is -1.07. The van der Waals surface area contributed by atoms with E-state index in [1.807, 2.05) is 0 Å². The molecule has 1 saturated heterocycles. The van der Waals surface area contributed by atoms with Gasteiger partial charge in [-0.1, -0.05) is 0 Å². The maximum atomic E-state index is 12.0. The Morgan fingerprint density at radius 2 is 2.15 bits per heavy atom. The Morgan fingerprint density at radius 1 is 1.50 bits per heavy atom. The number of aliphatic hydroxyl groups excluding tert-OH is 1. The van der Waals surface area contributed by atoms with Gasteiger partial charge in [-0.3, -0.25) is 0 Å². The van der Waals surface area contributed by atoms with E-state index < -0.39 is 5.97 Å². The molecule has 2 amide bonds. The van der Waals surface area contributed by atoms with Crippen LogP contribution in [0.15, 0.2) is 5.38 Å². The molecule has 1 unspecified atom stereocenters. The number of carboxylic acid groups (broad SMARTS) is 1. The standard InChI is InChI=1S/C12H17N3O4S/c1-7(10-14-9(6-20-10)11(17)18)13-12(19)15-4-2-8(16)3-5-15/h6-8,16H,2-5H2,1H3,(H,13,19)(H,17,18). The fourth-order valence-electron chi connectivity index (χ4n) is 1.99. The molecule has 0 aliphatic carbocycles. The van der Waals surface area contributed by atoms with Gasteiger partial charge in [0.25, 0.3) is 0 Å². The molecule has 2 heterocycles. The van der Waals surface area contributed by atoms with Crippen LogP contribution in [0.5, 0.6) is 0 Å². The summed E-state index contributed by atoms with van der Waals surface area (Å²) in [5.41, 5.74) is -0.00723. The Morgan fingerprint density at radius 3 is 2.70 bits per heavy atom. The van der Waals surface area contributed by atoms with Crippen LogP contribution in [-0.4, -0.2) is 51.3 Å². The van der Waals surface area contributed by atoms with Crippen LogP contribution in [0.4, 0.5) is 4.79 Å². The third-order valence-electron chi connectivity index (χ3n) is 3.20. The second-order valence-electron chi connectivity index (χ2n) is 4.77. The monoisotopic (exact) mass is 299 g/mol. The van der Waals surface area contributed by atoms with Crippen molar-refractivity contribution in [2.45, 2.75) is 31.9 Å². The number of rotatable bonds is 3. The summed E-state index contributed by atoms with van der Waals surface area (Å²) in [7, 11) is 0. The van der Waals surface area contributed by atoms with E-state index in [1.54, 1.807) is 11.8 Å². The predicted octanol–water partition coefficient (Wildman–Crippen LogP) is 1.07. The van der Waals surface area contributed by atoms with Crippen LogP contribution in [0.1, 0.15) is 41.3 Å². The summed E-state index contributed by atoms with van der Waals surface area (Å²) in [5.74, 6) is -1.07. The number of likely N-dealkylation sites (tertiary alicyclic amines) is 1. The summed E-state index contributed by atoms with van der Waals surface area (Å²) in [4.78, 5) is 28.4. The molecule has 1 aromatic rings. The zero-order chi connectivity index (χ0) is 14.7. The first-order valence-electron chi connectivity index (χ1n) is 6.39. The Kier molecular flexibility index (Phi) is 4.56. The van der Waals surface area contributed by atoms with Gasteiger partial charge in [-0.15, -0.1) is 11.3 Å². The van der Waals surface area contributed by atoms with Crippen LogP contribution in [0.25, 0.3) is 0 Å². The molecular formula is C12H17N3O4S. The number of nitrogens with zero attached hydrogens (tertiary/aromatic N) is 2. The second-order valence-corrected chi connectivity index (χ2v) is 5.66. The molecule has 7 nitrogen and oxygen atoms in total. The van der Waals surface area contributed by atoms with Crippen molar-refractivity contribution in [2.75, 3.05) is 13.1 Å². The number of carbonyl (C=O) groups is 2. The molecule has 1 aliphatic heterocycles. The Labute approximate surface area is 120 Å². The van der Waals surface area contributed by atoms with Crippen LogP contribution >= 0.6 is 11.3 Å². The average molecular weight is 299 g/mol. The van der Waals surface area contributed by atoms with Gasteiger partial charge in [-0.05, 0) is 19.8 Å². The van der Waals surface area contributed by atoms with Gasteiger partial charge in [0.15, 0.2) is 5.69 Å². The highest BCUT2D eigenvalue weighted by atomic mass is 32.1. The van der Waals surface area contributed by atoms with Crippen molar-refractivity contribution in [3.63, 3.8) is 0 Å². The highest BCUT2D eigenvalue weighted by molar-refractivity contribution is 7.09. The number of piperidine rings is 1. The number of thiazole rings is 1. The summed E-state index contributed by atoms with van der Waals surface area (Å²) < 4.78 is 0. The number of carbonyl (C=O) groups excluding carboxylic acids is 1. The molecule has 0 radical (unpaired) electrons. The van der Waals surface area contributed by atoms with Gasteiger partial charge in [0.05, 0.1) is 12.1 Å². The smallest absolute Gasteiger partial charge is 0.355 e. The van der Waals surface area contributed by atoms with Gasteiger partial charge < -0.3 is 20.4 Å². The fourth-order valence-corrected chi connectivity index (χ4v) is 2.79. The highest BCUT2D eigenvalue weighted by Gasteiger charge is 2.23. The minimum absolute atomic E-state index is 0.00723. The zero-order valence-corrected chi connectivity index (χ0v) is 11.9. The van der Waals surface area contributed by atoms with Gasteiger partial charge in [0, 0.05) is 18.5 Å².